The van der Waals surface area contributed by atoms with E-state index in [1.807, 2.05) is 0 Å². The number of Topliss-reactive ketones (excluding diaryl/α,β-unsaturated/α-hetero) is 1. The van der Waals surface area contributed by atoms with Crippen LogP contribution in [0.25, 0.3) is 0 Å². The average molecular weight is 270 g/mol. The lowest BCUT2D eigenvalue weighted by Gasteiger charge is -2.26. The van der Waals surface area contributed by atoms with E-state index in [1.165, 1.54) is 12.1 Å². The normalized spacial score (nSPS) is 15.9. The Morgan fingerprint density at radius 1 is 1.33 bits per heavy atom. The summed E-state index contributed by atoms with van der Waals surface area (Å²) in [6.45, 7) is 0.841. The maximum Gasteiger partial charge on any atom is 0.227 e. The number of rotatable bonds is 2. The number of hydrogen-bond donors (Lipinski definition) is 0. The fourth-order valence-corrected chi connectivity index (χ4v) is 2.20. The Hall–Kier alpha value is -1.42. The molecular formula is C13H13ClFNO2. The molecule has 1 saturated heterocycles. The van der Waals surface area contributed by atoms with Crippen LogP contribution in [0.3, 0.4) is 0 Å². The van der Waals surface area contributed by atoms with Crippen LogP contribution in [0, 0.1) is 5.82 Å². The largest absolute Gasteiger partial charge is 0.342 e. The van der Waals surface area contributed by atoms with Gasteiger partial charge in [0.05, 0.1) is 6.42 Å². The van der Waals surface area contributed by atoms with Crippen LogP contribution in [0.4, 0.5) is 4.39 Å². The summed E-state index contributed by atoms with van der Waals surface area (Å²) in [4.78, 5) is 24.6. The minimum absolute atomic E-state index is 0.0559. The molecule has 18 heavy (non-hydrogen) atoms. The molecule has 1 aliphatic heterocycles. The number of halogens is 2. The van der Waals surface area contributed by atoms with E-state index in [1.54, 1.807) is 11.0 Å². The van der Waals surface area contributed by atoms with E-state index in [4.69, 9.17) is 11.6 Å². The van der Waals surface area contributed by atoms with Crippen LogP contribution in [0.2, 0.25) is 5.02 Å². The average Bonchev–Trinajstić information content (AvgIpc) is 2.34. The van der Waals surface area contributed by atoms with Gasteiger partial charge in [0.15, 0.2) is 0 Å². The van der Waals surface area contributed by atoms with E-state index >= 15 is 0 Å². The molecule has 0 spiro atoms. The van der Waals surface area contributed by atoms with E-state index in [9.17, 15) is 14.0 Å². The smallest absolute Gasteiger partial charge is 0.227 e. The molecule has 0 atom stereocenters. The summed E-state index contributed by atoms with van der Waals surface area (Å²) in [6, 6.07) is 4.35. The zero-order valence-electron chi connectivity index (χ0n) is 9.79. The molecule has 1 aromatic rings. The molecule has 0 aliphatic carbocycles. The Labute approximate surface area is 110 Å². The minimum atomic E-state index is -0.469. The molecule has 1 amide bonds. The summed E-state index contributed by atoms with van der Waals surface area (Å²) in [6.07, 6.45) is 0.715. The number of hydrogen-bond acceptors (Lipinski definition) is 2. The predicted octanol–water partition coefficient (Wildman–Crippen LogP) is 2.21. The molecule has 5 heteroatoms. The third kappa shape index (κ3) is 2.88. The minimum Gasteiger partial charge on any atom is -0.342 e. The highest BCUT2D eigenvalue weighted by molar-refractivity contribution is 6.31. The number of carbonyl (C=O) groups excluding carboxylic acids is 2. The van der Waals surface area contributed by atoms with Crippen molar-refractivity contribution in [3.8, 4) is 0 Å². The van der Waals surface area contributed by atoms with E-state index in [0.29, 0.717) is 25.9 Å². The second-order valence-electron chi connectivity index (χ2n) is 4.30. The second kappa shape index (κ2) is 5.48. The molecule has 96 valence electrons. The molecule has 0 radical (unpaired) electrons. The molecule has 0 aromatic heterocycles. The molecule has 1 heterocycles. The predicted molar refractivity (Wildman–Crippen MR) is 65.9 cm³/mol. The molecule has 0 saturated carbocycles. The van der Waals surface area contributed by atoms with Gasteiger partial charge in [-0.3, -0.25) is 9.59 Å². The van der Waals surface area contributed by atoms with Crippen molar-refractivity contribution < 1.29 is 14.0 Å². The summed E-state index contributed by atoms with van der Waals surface area (Å²) < 4.78 is 13.5. The monoisotopic (exact) mass is 269 g/mol. The Morgan fingerprint density at radius 2 is 2.00 bits per heavy atom. The van der Waals surface area contributed by atoms with Crippen LogP contribution in [0.5, 0.6) is 0 Å². The van der Waals surface area contributed by atoms with Crippen LogP contribution in [-0.2, 0) is 16.0 Å². The highest BCUT2D eigenvalue weighted by Gasteiger charge is 2.22. The van der Waals surface area contributed by atoms with Crippen LogP contribution < -0.4 is 0 Å². The van der Waals surface area contributed by atoms with Crippen LogP contribution >= 0.6 is 11.6 Å². The molecule has 1 fully saturated rings. The van der Waals surface area contributed by atoms with Crippen molar-refractivity contribution in [1.29, 1.82) is 0 Å². The van der Waals surface area contributed by atoms with Gasteiger partial charge >= 0.3 is 0 Å². The van der Waals surface area contributed by atoms with Gasteiger partial charge in [0, 0.05) is 36.5 Å². The zero-order valence-corrected chi connectivity index (χ0v) is 10.5. The number of amides is 1. The highest BCUT2D eigenvalue weighted by atomic mass is 35.5. The van der Waals surface area contributed by atoms with Gasteiger partial charge in [0.25, 0.3) is 0 Å². The van der Waals surface area contributed by atoms with Gasteiger partial charge in [-0.25, -0.2) is 4.39 Å². The summed E-state index contributed by atoms with van der Waals surface area (Å²) >= 11 is 5.87. The number of ketones is 1. The van der Waals surface area contributed by atoms with Gasteiger partial charge in [-0.05, 0) is 12.1 Å². The Bertz CT molecular complexity index is 460. The van der Waals surface area contributed by atoms with E-state index in [-0.39, 0.29) is 28.7 Å². The third-order valence-electron chi connectivity index (χ3n) is 3.06. The van der Waals surface area contributed by atoms with Gasteiger partial charge in [0.1, 0.15) is 11.6 Å². The number of carbonyl (C=O) groups is 2. The molecule has 0 bridgehead atoms. The molecule has 3 nitrogen and oxygen atoms in total. The number of nitrogens with zero attached hydrogens (tertiary/aromatic N) is 1. The van der Waals surface area contributed by atoms with E-state index in [2.05, 4.69) is 0 Å². The number of piperidine rings is 1. The SMILES string of the molecule is O=C1CCN(C(=O)Cc2c(F)cccc2Cl)CC1. The van der Waals surface area contributed by atoms with Gasteiger partial charge < -0.3 is 4.90 Å². The lowest BCUT2D eigenvalue weighted by Crippen LogP contribution is -2.39. The standard InChI is InChI=1S/C13H13ClFNO2/c14-11-2-1-3-12(15)10(11)8-13(18)16-6-4-9(17)5-7-16/h1-3H,4-8H2. The molecule has 0 N–H and O–H groups in total. The second-order valence-corrected chi connectivity index (χ2v) is 4.70. The maximum atomic E-state index is 13.5. The van der Waals surface area contributed by atoms with Crippen molar-refractivity contribution in [3.63, 3.8) is 0 Å². The molecule has 2 rings (SSSR count). The maximum absolute atomic E-state index is 13.5. The highest BCUT2D eigenvalue weighted by Crippen LogP contribution is 2.20. The van der Waals surface area contributed by atoms with Crippen molar-refractivity contribution in [2.45, 2.75) is 19.3 Å². The molecular weight excluding hydrogens is 257 g/mol. The van der Waals surface area contributed by atoms with Crippen molar-refractivity contribution >= 4 is 23.3 Å². The lowest BCUT2D eigenvalue weighted by atomic mass is 10.1. The summed E-state index contributed by atoms with van der Waals surface area (Å²) in [5, 5.41) is 0.261. The number of likely N-dealkylation sites (tertiary alicyclic amines) is 1. The van der Waals surface area contributed by atoms with Crippen LogP contribution in [-0.4, -0.2) is 29.7 Å². The first-order valence-corrected chi connectivity index (χ1v) is 6.18. The number of benzene rings is 1. The van der Waals surface area contributed by atoms with Crippen LogP contribution in [0.15, 0.2) is 18.2 Å². The first-order valence-electron chi connectivity index (χ1n) is 5.80. The summed E-state index contributed by atoms with van der Waals surface area (Å²) in [5.74, 6) is -0.485. The van der Waals surface area contributed by atoms with Crippen LogP contribution in [0.1, 0.15) is 18.4 Å². The van der Waals surface area contributed by atoms with E-state index < -0.39 is 5.82 Å². The van der Waals surface area contributed by atoms with Gasteiger partial charge in [-0.2, -0.15) is 0 Å². The van der Waals surface area contributed by atoms with Gasteiger partial charge in [-0.15, -0.1) is 0 Å². The Morgan fingerprint density at radius 3 is 2.61 bits per heavy atom. The first kappa shape index (κ1) is 13.0. The quantitative estimate of drug-likeness (QED) is 0.826. The summed E-state index contributed by atoms with van der Waals surface area (Å²) in [5.41, 5.74) is 0.223. The van der Waals surface area contributed by atoms with Crippen molar-refractivity contribution in [1.82, 2.24) is 4.90 Å². The fraction of sp³-hybridized carbons (Fsp3) is 0.385. The first-order chi connectivity index (χ1) is 8.58. The lowest BCUT2D eigenvalue weighted by molar-refractivity contribution is -0.133. The van der Waals surface area contributed by atoms with Crippen molar-refractivity contribution in [3.05, 3.63) is 34.6 Å². The Kier molecular flexibility index (Phi) is 3.97. The Balaban J connectivity index is 2.05. The third-order valence-corrected chi connectivity index (χ3v) is 3.42. The molecule has 0 unspecified atom stereocenters. The van der Waals surface area contributed by atoms with Gasteiger partial charge in [0.2, 0.25) is 5.91 Å². The van der Waals surface area contributed by atoms with Crippen molar-refractivity contribution in [2.24, 2.45) is 0 Å². The molecule has 1 aromatic carbocycles. The summed E-state index contributed by atoms with van der Waals surface area (Å²) in [7, 11) is 0. The fourth-order valence-electron chi connectivity index (χ4n) is 1.97. The zero-order chi connectivity index (χ0) is 13.1. The van der Waals surface area contributed by atoms with E-state index in [0.717, 1.165) is 0 Å². The van der Waals surface area contributed by atoms with Crippen molar-refractivity contribution in [2.75, 3.05) is 13.1 Å². The topological polar surface area (TPSA) is 37.4 Å². The molecule has 1 aliphatic rings. The van der Waals surface area contributed by atoms with Gasteiger partial charge in [-0.1, -0.05) is 17.7 Å².